The Morgan fingerprint density at radius 1 is 1.18 bits per heavy atom. The fourth-order valence-electron chi connectivity index (χ4n) is 3.07. The lowest BCUT2D eigenvalue weighted by Gasteiger charge is -2.11. The molecule has 5 heteroatoms. The van der Waals surface area contributed by atoms with E-state index in [9.17, 15) is 4.79 Å². The Labute approximate surface area is 164 Å². The summed E-state index contributed by atoms with van der Waals surface area (Å²) in [5, 5.41) is 8.88. The Morgan fingerprint density at radius 2 is 1.93 bits per heavy atom. The van der Waals surface area contributed by atoms with Crippen LogP contribution in [0.5, 0.6) is 0 Å². The van der Waals surface area contributed by atoms with Gasteiger partial charge in [-0.25, -0.2) is 4.79 Å². The third kappa shape index (κ3) is 4.02. The van der Waals surface area contributed by atoms with E-state index in [-0.39, 0.29) is 5.97 Å². The van der Waals surface area contributed by atoms with Gasteiger partial charge in [0.15, 0.2) is 0 Å². The molecule has 3 aromatic rings. The molecule has 0 radical (unpaired) electrons. The van der Waals surface area contributed by atoms with Crippen LogP contribution in [0.25, 0.3) is 5.69 Å². The second kappa shape index (κ2) is 8.36. The minimum Gasteiger partial charge on any atom is -0.462 e. The maximum atomic E-state index is 12.0. The van der Waals surface area contributed by atoms with Crippen molar-refractivity contribution in [2.24, 2.45) is 4.99 Å². The minimum atomic E-state index is -0.325. The number of carbonyl (C=O) groups is 1. The number of hydrogen-bond donors (Lipinski definition) is 0. The number of esters is 1. The molecule has 0 aliphatic carbocycles. The van der Waals surface area contributed by atoms with E-state index in [0.29, 0.717) is 17.7 Å². The number of aromatic nitrogens is 1. The van der Waals surface area contributed by atoms with Crippen LogP contribution >= 0.6 is 0 Å². The van der Waals surface area contributed by atoms with Crippen molar-refractivity contribution in [1.82, 2.24) is 4.57 Å². The lowest BCUT2D eigenvalue weighted by Crippen LogP contribution is -2.06. The molecule has 0 saturated carbocycles. The van der Waals surface area contributed by atoms with Crippen molar-refractivity contribution >= 4 is 17.9 Å². The molecular weight excluding hydrogens is 350 g/mol. The number of rotatable bonds is 5. The average Bonchev–Trinajstić information content (AvgIpc) is 3.00. The number of hydrogen-bond acceptors (Lipinski definition) is 4. The zero-order valence-electron chi connectivity index (χ0n) is 16.1. The molecule has 0 saturated heterocycles. The monoisotopic (exact) mass is 371 g/mol. The highest BCUT2D eigenvalue weighted by Gasteiger charge is 2.12. The molecule has 1 heterocycles. The maximum absolute atomic E-state index is 12.0. The smallest absolute Gasteiger partial charge is 0.338 e. The summed E-state index contributed by atoms with van der Waals surface area (Å²) < 4.78 is 7.19. The van der Waals surface area contributed by atoms with Crippen LogP contribution in [0.1, 0.15) is 39.8 Å². The third-order valence-corrected chi connectivity index (χ3v) is 4.43. The van der Waals surface area contributed by atoms with Gasteiger partial charge in [-0.1, -0.05) is 6.07 Å². The summed E-state index contributed by atoms with van der Waals surface area (Å²) in [6.07, 6.45) is 1.81. The largest absolute Gasteiger partial charge is 0.462 e. The van der Waals surface area contributed by atoms with E-state index >= 15 is 0 Å². The number of aliphatic imine (C=N–C) groups is 1. The second-order valence-electron chi connectivity index (χ2n) is 6.35. The van der Waals surface area contributed by atoms with Crippen molar-refractivity contribution in [2.45, 2.75) is 20.8 Å². The van der Waals surface area contributed by atoms with Crippen LogP contribution in [0.15, 0.2) is 59.6 Å². The highest BCUT2D eigenvalue weighted by molar-refractivity contribution is 5.90. The summed E-state index contributed by atoms with van der Waals surface area (Å²) in [4.78, 5) is 16.5. The van der Waals surface area contributed by atoms with Crippen molar-refractivity contribution in [3.63, 3.8) is 0 Å². The van der Waals surface area contributed by atoms with Crippen molar-refractivity contribution < 1.29 is 9.53 Å². The van der Waals surface area contributed by atoms with Gasteiger partial charge in [0.2, 0.25) is 0 Å². The van der Waals surface area contributed by atoms with Gasteiger partial charge >= 0.3 is 5.97 Å². The lowest BCUT2D eigenvalue weighted by atomic mass is 10.2. The van der Waals surface area contributed by atoms with E-state index in [1.54, 1.807) is 25.1 Å². The number of ether oxygens (including phenoxy) is 1. The molecule has 0 amide bonds. The van der Waals surface area contributed by atoms with Crippen LogP contribution in [0.4, 0.5) is 5.69 Å². The fraction of sp³-hybridized carbons (Fsp3) is 0.174. The molecule has 0 spiro atoms. The van der Waals surface area contributed by atoms with E-state index in [1.807, 2.05) is 50.4 Å². The second-order valence-corrected chi connectivity index (χ2v) is 6.35. The molecule has 1 aromatic heterocycles. The third-order valence-electron chi connectivity index (χ3n) is 4.43. The minimum absolute atomic E-state index is 0.325. The van der Waals surface area contributed by atoms with Crippen molar-refractivity contribution in [3.8, 4) is 11.8 Å². The highest BCUT2D eigenvalue weighted by Crippen LogP contribution is 2.22. The van der Waals surface area contributed by atoms with Crippen molar-refractivity contribution in [2.75, 3.05) is 6.61 Å². The van der Waals surface area contributed by atoms with E-state index in [4.69, 9.17) is 10.00 Å². The summed E-state index contributed by atoms with van der Waals surface area (Å²) in [6.45, 7) is 6.18. The lowest BCUT2D eigenvalue weighted by molar-refractivity contribution is 0.0526. The number of benzene rings is 2. The zero-order valence-corrected chi connectivity index (χ0v) is 16.1. The molecule has 5 nitrogen and oxygen atoms in total. The predicted molar refractivity (Wildman–Crippen MR) is 110 cm³/mol. The summed E-state index contributed by atoms with van der Waals surface area (Å²) in [7, 11) is 0. The average molecular weight is 371 g/mol. The van der Waals surface area contributed by atoms with Crippen LogP contribution in [-0.4, -0.2) is 23.4 Å². The molecule has 0 aliphatic heterocycles. The molecule has 0 atom stereocenters. The molecule has 0 bridgehead atoms. The summed E-state index contributed by atoms with van der Waals surface area (Å²) in [6, 6.07) is 18.7. The highest BCUT2D eigenvalue weighted by atomic mass is 16.5. The van der Waals surface area contributed by atoms with E-state index in [0.717, 1.165) is 28.3 Å². The van der Waals surface area contributed by atoms with Gasteiger partial charge in [-0.2, -0.15) is 5.26 Å². The first-order valence-corrected chi connectivity index (χ1v) is 9.04. The molecule has 0 unspecified atom stereocenters. The van der Waals surface area contributed by atoms with Gasteiger partial charge in [0.25, 0.3) is 0 Å². The van der Waals surface area contributed by atoms with E-state index in [1.165, 1.54) is 0 Å². The zero-order chi connectivity index (χ0) is 20.1. The fourth-order valence-corrected chi connectivity index (χ4v) is 3.07. The molecule has 0 N–H and O–H groups in total. The first-order valence-electron chi connectivity index (χ1n) is 9.04. The van der Waals surface area contributed by atoms with E-state index in [2.05, 4.69) is 21.7 Å². The standard InChI is InChI=1S/C23H21N3O2/c1-4-28-23(27)19-6-5-7-22(13-19)26-16(2)12-20(17(26)3)15-25-21-10-8-18(14-24)9-11-21/h5-13,15H,4H2,1-3H3. The normalized spacial score (nSPS) is 10.8. The van der Waals surface area contributed by atoms with Crippen molar-refractivity contribution in [3.05, 3.63) is 82.7 Å². The van der Waals surface area contributed by atoms with Gasteiger partial charge < -0.3 is 9.30 Å². The number of aryl methyl sites for hydroxylation is 1. The number of nitrogens with zero attached hydrogens (tertiary/aromatic N) is 3. The van der Waals surface area contributed by atoms with Crippen LogP contribution in [0, 0.1) is 25.2 Å². The van der Waals surface area contributed by atoms with Crippen LogP contribution in [-0.2, 0) is 4.74 Å². The molecule has 3 rings (SSSR count). The Bertz CT molecular complexity index is 1070. The Kier molecular flexibility index (Phi) is 5.71. The van der Waals surface area contributed by atoms with Gasteiger partial charge in [0.05, 0.1) is 29.5 Å². The summed E-state index contributed by atoms with van der Waals surface area (Å²) in [5.41, 5.74) is 5.88. The Hall–Kier alpha value is -3.65. The Morgan fingerprint density at radius 3 is 2.61 bits per heavy atom. The van der Waals surface area contributed by atoms with E-state index < -0.39 is 0 Å². The molecule has 0 aliphatic rings. The van der Waals surface area contributed by atoms with Gasteiger partial charge in [0.1, 0.15) is 0 Å². The van der Waals surface area contributed by atoms with Gasteiger partial charge in [-0.15, -0.1) is 0 Å². The van der Waals surface area contributed by atoms with Crippen LogP contribution in [0.3, 0.4) is 0 Å². The van der Waals surface area contributed by atoms with Gasteiger partial charge in [0, 0.05) is 28.9 Å². The number of nitriles is 1. The van der Waals surface area contributed by atoms with Gasteiger partial charge in [-0.3, -0.25) is 4.99 Å². The van der Waals surface area contributed by atoms with Crippen molar-refractivity contribution in [1.29, 1.82) is 5.26 Å². The Balaban J connectivity index is 1.92. The SMILES string of the molecule is CCOC(=O)c1cccc(-n2c(C)cc(C=Nc3ccc(C#N)cc3)c2C)c1. The molecule has 28 heavy (non-hydrogen) atoms. The maximum Gasteiger partial charge on any atom is 0.338 e. The first-order chi connectivity index (χ1) is 13.5. The quantitative estimate of drug-likeness (QED) is 0.473. The van der Waals surface area contributed by atoms with Crippen LogP contribution in [0.2, 0.25) is 0 Å². The summed E-state index contributed by atoms with van der Waals surface area (Å²) >= 11 is 0. The number of carbonyl (C=O) groups excluding carboxylic acids is 1. The van der Waals surface area contributed by atoms with Crippen LogP contribution < -0.4 is 0 Å². The first kappa shape index (κ1) is 19.1. The molecule has 2 aromatic carbocycles. The summed E-state index contributed by atoms with van der Waals surface area (Å²) in [5.74, 6) is -0.325. The van der Waals surface area contributed by atoms with Gasteiger partial charge in [-0.05, 0) is 69.3 Å². The molecular formula is C23H21N3O2. The molecule has 140 valence electrons. The topological polar surface area (TPSA) is 67.4 Å². The predicted octanol–water partition coefficient (Wildman–Crippen LogP) is 4.89. The molecule has 0 fully saturated rings.